The molecule has 8 nitrogen and oxygen atoms in total. The molecule has 1 aromatic heterocycles. The van der Waals surface area contributed by atoms with E-state index in [1.54, 1.807) is 13.2 Å². The van der Waals surface area contributed by atoms with Crippen LogP contribution in [0.5, 0.6) is 5.75 Å². The molecular formula is C20H20N2O6S2. The maximum atomic E-state index is 13.0. The van der Waals surface area contributed by atoms with E-state index >= 15 is 0 Å². The molecule has 1 atom stereocenters. The van der Waals surface area contributed by atoms with Crippen LogP contribution >= 0.6 is 24.0 Å². The summed E-state index contributed by atoms with van der Waals surface area (Å²) in [6.07, 6.45) is 1.09. The van der Waals surface area contributed by atoms with Crippen molar-refractivity contribution < 1.29 is 29.3 Å². The van der Waals surface area contributed by atoms with Crippen LogP contribution in [0.3, 0.4) is 0 Å². The van der Waals surface area contributed by atoms with Crippen molar-refractivity contribution in [2.24, 2.45) is 7.05 Å². The van der Waals surface area contributed by atoms with Crippen molar-refractivity contribution in [2.75, 3.05) is 7.11 Å². The van der Waals surface area contributed by atoms with Crippen LogP contribution in [-0.2, 0) is 21.4 Å². The Morgan fingerprint density at radius 3 is 2.63 bits per heavy atom. The highest BCUT2D eigenvalue weighted by Gasteiger charge is 2.40. The van der Waals surface area contributed by atoms with E-state index in [-0.39, 0.29) is 17.2 Å². The number of hydrogen-bond donors (Lipinski definition) is 2. The summed E-state index contributed by atoms with van der Waals surface area (Å²) >= 11 is 6.26. The summed E-state index contributed by atoms with van der Waals surface area (Å²) in [6, 6.07) is 4.33. The number of rotatable bonds is 7. The first-order valence-electron chi connectivity index (χ1n) is 9.00. The number of aromatic nitrogens is 1. The number of amides is 1. The number of aryl methyl sites for hydroxylation is 1. The first-order valence-corrected chi connectivity index (χ1v) is 10.2. The lowest BCUT2D eigenvalue weighted by Gasteiger charge is -2.22. The molecule has 1 fully saturated rings. The first-order chi connectivity index (χ1) is 14.1. The molecule has 2 aromatic rings. The smallest absolute Gasteiger partial charge is 0.326 e. The highest BCUT2D eigenvalue weighted by molar-refractivity contribution is 8.26. The van der Waals surface area contributed by atoms with E-state index in [1.807, 2.05) is 36.7 Å². The van der Waals surface area contributed by atoms with Crippen LogP contribution in [0.4, 0.5) is 0 Å². The van der Waals surface area contributed by atoms with E-state index in [1.165, 1.54) is 0 Å². The Kier molecular flexibility index (Phi) is 6.18. The van der Waals surface area contributed by atoms with Crippen molar-refractivity contribution in [3.63, 3.8) is 0 Å². The molecule has 1 saturated heterocycles. The summed E-state index contributed by atoms with van der Waals surface area (Å²) < 4.78 is 7.40. The fourth-order valence-corrected chi connectivity index (χ4v) is 4.73. The van der Waals surface area contributed by atoms with Gasteiger partial charge in [-0.3, -0.25) is 14.5 Å². The lowest BCUT2D eigenvalue weighted by atomic mass is 10.1. The zero-order valence-electron chi connectivity index (χ0n) is 16.5. The number of ether oxygens (including phenoxy) is 1. The second kappa shape index (κ2) is 8.49. The van der Waals surface area contributed by atoms with Crippen molar-refractivity contribution in [2.45, 2.75) is 25.8 Å². The zero-order valence-corrected chi connectivity index (χ0v) is 18.2. The van der Waals surface area contributed by atoms with Gasteiger partial charge in [0.05, 0.1) is 12.0 Å². The lowest BCUT2D eigenvalue weighted by Crippen LogP contribution is -2.44. The quantitative estimate of drug-likeness (QED) is 0.491. The number of fused-ring (bicyclic) bond motifs is 1. The van der Waals surface area contributed by atoms with Gasteiger partial charge in [-0.15, -0.1) is 0 Å². The maximum Gasteiger partial charge on any atom is 0.326 e. The summed E-state index contributed by atoms with van der Waals surface area (Å²) in [7, 11) is 3.49. The average molecular weight is 449 g/mol. The Morgan fingerprint density at radius 1 is 1.33 bits per heavy atom. The minimum absolute atomic E-state index is 0.0968. The van der Waals surface area contributed by atoms with E-state index in [0.29, 0.717) is 10.7 Å². The molecule has 1 amide bonds. The average Bonchev–Trinajstić information content (AvgIpc) is 3.10. The Bertz CT molecular complexity index is 1100. The van der Waals surface area contributed by atoms with Gasteiger partial charge in [0.15, 0.2) is 0 Å². The summed E-state index contributed by atoms with van der Waals surface area (Å²) in [4.78, 5) is 36.8. The van der Waals surface area contributed by atoms with Crippen LogP contribution in [0.2, 0.25) is 0 Å². The number of aliphatic carboxylic acids is 2. The Hall–Kier alpha value is -2.85. The van der Waals surface area contributed by atoms with Crippen LogP contribution in [0.1, 0.15) is 24.1 Å². The molecule has 10 heteroatoms. The number of thiocarbonyl (C=S) groups is 1. The molecule has 0 spiro atoms. The number of carbonyl (C=O) groups excluding carboxylic acids is 1. The van der Waals surface area contributed by atoms with Crippen LogP contribution < -0.4 is 4.74 Å². The molecule has 0 unspecified atom stereocenters. The largest absolute Gasteiger partial charge is 0.497 e. The molecule has 2 heterocycles. The van der Waals surface area contributed by atoms with Gasteiger partial charge < -0.3 is 19.5 Å². The summed E-state index contributed by atoms with van der Waals surface area (Å²) in [5.74, 6) is -2.29. The Morgan fingerprint density at radius 2 is 2.03 bits per heavy atom. The number of methoxy groups -OCH3 is 1. The molecule has 3 rings (SSSR count). The number of hydrogen-bond acceptors (Lipinski definition) is 6. The van der Waals surface area contributed by atoms with Crippen LogP contribution in [-0.4, -0.2) is 55.0 Å². The van der Waals surface area contributed by atoms with Crippen molar-refractivity contribution in [1.82, 2.24) is 9.47 Å². The lowest BCUT2D eigenvalue weighted by molar-refractivity contribution is -0.146. The van der Waals surface area contributed by atoms with Gasteiger partial charge in [-0.1, -0.05) is 24.0 Å². The molecule has 1 aromatic carbocycles. The van der Waals surface area contributed by atoms with Crippen LogP contribution in [0.25, 0.3) is 17.0 Å². The van der Waals surface area contributed by atoms with E-state index in [2.05, 4.69) is 0 Å². The second-order valence-electron chi connectivity index (χ2n) is 6.78. The molecule has 1 aliphatic rings. The van der Waals surface area contributed by atoms with Crippen LogP contribution in [0, 0.1) is 6.92 Å². The Balaban J connectivity index is 2.02. The van der Waals surface area contributed by atoms with Gasteiger partial charge in [-0.25, -0.2) is 4.79 Å². The van der Waals surface area contributed by atoms with E-state index in [9.17, 15) is 19.5 Å². The van der Waals surface area contributed by atoms with Gasteiger partial charge in [-0.05, 0) is 37.6 Å². The van der Waals surface area contributed by atoms with Crippen molar-refractivity contribution >= 4 is 63.1 Å². The summed E-state index contributed by atoms with van der Waals surface area (Å²) in [5, 5.41) is 19.3. The molecular weight excluding hydrogens is 428 g/mol. The fraction of sp³-hybridized carbons (Fsp3) is 0.300. The van der Waals surface area contributed by atoms with Gasteiger partial charge in [0, 0.05) is 35.6 Å². The number of nitrogens with zero attached hydrogens (tertiary/aromatic N) is 2. The molecule has 2 N–H and O–H groups in total. The van der Waals surface area contributed by atoms with Gasteiger partial charge in [0.1, 0.15) is 16.1 Å². The van der Waals surface area contributed by atoms with Crippen molar-refractivity contribution in [1.29, 1.82) is 0 Å². The van der Waals surface area contributed by atoms with Crippen molar-refractivity contribution in [3.05, 3.63) is 34.4 Å². The minimum Gasteiger partial charge on any atom is -0.497 e. The number of carboxylic acid groups (broad SMARTS) is 2. The molecule has 0 radical (unpaired) electrons. The van der Waals surface area contributed by atoms with Gasteiger partial charge >= 0.3 is 11.9 Å². The molecule has 0 saturated carbocycles. The van der Waals surface area contributed by atoms with Crippen LogP contribution in [0.15, 0.2) is 23.1 Å². The fourth-order valence-electron chi connectivity index (χ4n) is 3.39. The van der Waals surface area contributed by atoms with E-state index < -0.39 is 23.9 Å². The predicted molar refractivity (Wildman–Crippen MR) is 118 cm³/mol. The molecule has 0 bridgehead atoms. The highest BCUT2D eigenvalue weighted by atomic mass is 32.2. The minimum atomic E-state index is -1.33. The van der Waals surface area contributed by atoms with Gasteiger partial charge in [0.2, 0.25) is 0 Å². The van der Waals surface area contributed by atoms with Crippen molar-refractivity contribution in [3.8, 4) is 5.75 Å². The molecule has 158 valence electrons. The number of benzene rings is 1. The molecule has 30 heavy (non-hydrogen) atoms. The van der Waals surface area contributed by atoms with Gasteiger partial charge in [0.25, 0.3) is 5.91 Å². The first kappa shape index (κ1) is 21.8. The van der Waals surface area contributed by atoms with E-state index in [4.69, 9.17) is 22.1 Å². The Labute approximate surface area is 182 Å². The van der Waals surface area contributed by atoms with Gasteiger partial charge in [-0.2, -0.15) is 0 Å². The third-order valence-electron chi connectivity index (χ3n) is 5.08. The predicted octanol–water partition coefficient (Wildman–Crippen LogP) is 3.01. The third kappa shape index (κ3) is 3.92. The topological polar surface area (TPSA) is 109 Å². The molecule has 1 aliphatic heterocycles. The maximum absolute atomic E-state index is 13.0. The third-order valence-corrected chi connectivity index (χ3v) is 6.41. The number of carbonyl (C=O) groups is 3. The monoisotopic (exact) mass is 448 g/mol. The second-order valence-corrected chi connectivity index (χ2v) is 8.46. The normalized spacial score (nSPS) is 16.5. The number of carboxylic acids is 2. The molecule has 0 aliphatic carbocycles. The summed E-state index contributed by atoms with van der Waals surface area (Å²) in [6.45, 7) is 1.92. The zero-order chi connectivity index (χ0) is 22.2. The standard InChI is InChI=1S/C20H20N2O6S2/c1-10-12(13-8-11(28-3)4-5-14(13)21(10)2)9-16-18(25)22(20(29)30-16)15(19(26)27)6-7-17(23)24/h4-5,8-9,15H,6-7H2,1-3H3,(H,23,24)(H,26,27)/b16-9-/t15-/m1/s1. The number of thioether (sulfide) groups is 1. The summed E-state index contributed by atoms with van der Waals surface area (Å²) in [5.41, 5.74) is 2.69. The highest BCUT2D eigenvalue weighted by Crippen LogP contribution is 2.37. The van der Waals surface area contributed by atoms with E-state index in [0.717, 1.165) is 38.8 Å². The SMILES string of the molecule is COc1ccc2c(c1)c(/C=C1\SC(=S)N([C@H](CCC(=O)O)C(=O)O)C1=O)c(C)n2C.